The molecule has 0 radical (unpaired) electrons. The van der Waals surface area contributed by atoms with Crippen molar-refractivity contribution in [2.45, 2.75) is 19.9 Å². The van der Waals surface area contributed by atoms with Crippen LogP contribution in [0.15, 0.2) is 40.9 Å². The Bertz CT molecular complexity index is 754. The van der Waals surface area contributed by atoms with Crippen LogP contribution in [0, 0.1) is 13.8 Å². The molecule has 5 nitrogen and oxygen atoms in total. The third-order valence-corrected chi connectivity index (χ3v) is 4.75. The SMILES string of the molecule is COc1cccc(C(CNC(=O)Nc2c(C)cc(Br)cc2C)N(C)C)c1. The van der Waals surface area contributed by atoms with Gasteiger partial charge in [0.2, 0.25) is 0 Å². The quantitative estimate of drug-likeness (QED) is 0.724. The molecule has 0 saturated heterocycles. The molecule has 1 unspecified atom stereocenters. The highest BCUT2D eigenvalue weighted by molar-refractivity contribution is 9.10. The number of methoxy groups -OCH3 is 1. The van der Waals surface area contributed by atoms with Gasteiger partial charge in [-0.05, 0) is 68.9 Å². The number of nitrogens with zero attached hydrogens (tertiary/aromatic N) is 1. The summed E-state index contributed by atoms with van der Waals surface area (Å²) in [6.07, 6.45) is 0. The van der Waals surface area contributed by atoms with Crippen molar-refractivity contribution in [2.24, 2.45) is 0 Å². The molecular weight excluding hydrogens is 394 g/mol. The van der Waals surface area contributed by atoms with Gasteiger partial charge >= 0.3 is 6.03 Å². The fourth-order valence-electron chi connectivity index (χ4n) is 2.90. The fraction of sp³-hybridized carbons (Fsp3) is 0.350. The molecule has 26 heavy (non-hydrogen) atoms. The molecule has 0 aliphatic carbocycles. The molecule has 2 N–H and O–H groups in total. The van der Waals surface area contributed by atoms with Crippen LogP contribution in [0.4, 0.5) is 10.5 Å². The average Bonchev–Trinajstić information content (AvgIpc) is 2.58. The van der Waals surface area contributed by atoms with Gasteiger partial charge in [0.05, 0.1) is 13.2 Å². The Hall–Kier alpha value is -2.05. The summed E-state index contributed by atoms with van der Waals surface area (Å²) in [5.74, 6) is 0.805. The van der Waals surface area contributed by atoms with Gasteiger partial charge in [0, 0.05) is 16.7 Å². The van der Waals surface area contributed by atoms with E-state index < -0.39 is 0 Å². The Morgan fingerprint density at radius 1 is 1.19 bits per heavy atom. The van der Waals surface area contributed by atoms with Crippen LogP contribution in [0.25, 0.3) is 0 Å². The number of anilines is 1. The highest BCUT2D eigenvalue weighted by Gasteiger charge is 2.16. The second-order valence-corrected chi connectivity index (χ2v) is 7.42. The summed E-state index contributed by atoms with van der Waals surface area (Å²) in [4.78, 5) is 14.5. The minimum atomic E-state index is -0.215. The van der Waals surface area contributed by atoms with E-state index in [0.717, 1.165) is 32.6 Å². The van der Waals surface area contributed by atoms with E-state index in [0.29, 0.717) is 6.54 Å². The number of urea groups is 1. The maximum absolute atomic E-state index is 12.4. The summed E-state index contributed by atoms with van der Waals surface area (Å²) < 4.78 is 6.31. The summed E-state index contributed by atoms with van der Waals surface area (Å²) in [5, 5.41) is 5.93. The van der Waals surface area contributed by atoms with E-state index in [1.807, 2.05) is 64.3 Å². The minimum Gasteiger partial charge on any atom is -0.497 e. The Morgan fingerprint density at radius 2 is 1.85 bits per heavy atom. The maximum Gasteiger partial charge on any atom is 0.319 e. The number of aryl methyl sites for hydroxylation is 2. The number of rotatable bonds is 6. The lowest BCUT2D eigenvalue weighted by Crippen LogP contribution is -2.37. The second kappa shape index (κ2) is 9.05. The first-order valence-corrected chi connectivity index (χ1v) is 9.23. The smallest absolute Gasteiger partial charge is 0.319 e. The third-order valence-electron chi connectivity index (χ3n) is 4.29. The van der Waals surface area contributed by atoms with E-state index in [-0.39, 0.29) is 12.1 Å². The van der Waals surface area contributed by atoms with E-state index in [4.69, 9.17) is 4.74 Å². The van der Waals surface area contributed by atoms with Gasteiger partial charge in [-0.15, -0.1) is 0 Å². The van der Waals surface area contributed by atoms with Crippen molar-refractivity contribution in [2.75, 3.05) is 33.1 Å². The molecule has 0 fully saturated rings. The first-order chi connectivity index (χ1) is 12.3. The first kappa shape index (κ1) is 20.3. The monoisotopic (exact) mass is 419 g/mol. The standard InChI is InChI=1S/C20H26BrN3O2/c1-13-9-16(21)10-14(2)19(13)23-20(25)22-12-18(24(3)4)15-7-6-8-17(11-15)26-5/h6-11,18H,12H2,1-5H3,(H2,22,23,25). The molecule has 0 aromatic heterocycles. The number of hydrogen-bond donors (Lipinski definition) is 2. The van der Waals surface area contributed by atoms with Crippen molar-refractivity contribution in [3.63, 3.8) is 0 Å². The number of ether oxygens (including phenoxy) is 1. The number of nitrogens with one attached hydrogen (secondary N) is 2. The van der Waals surface area contributed by atoms with Gasteiger partial charge in [-0.3, -0.25) is 0 Å². The van der Waals surface area contributed by atoms with Crippen molar-refractivity contribution < 1.29 is 9.53 Å². The lowest BCUT2D eigenvalue weighted by Gasteiger charge is -2.25. The van der Waals surface area contributed by atoms with Crippen LogP contribution < -0.4 is 15.4 Å². The van der Waals surface area contributed by atoms with Gasteiger partial charge in [0.15, 0.2) is 0 Å². The number of amides is 2. The summed E-state index contributed by atoms with van der Waals surface area (Å²) in [6.45, 7) is 4.44. The van der Waals surface area contributed by atoms with Crippen LogP contribution in [-0.4, -0.2) is 38.7 Å². The van der Waals surface area contributed by atoms with Crippen LogP contribution in [-0.2, 0) is 0 Å². The molecule has 2 rings (SSSR count). The van der Waals surface area contributed by atoms with Gasteiger partial charge in [-0.2, -0.15) is 0 Å². The van der Waals surface area contributed by atoms with Crippen LogP contribution in [0.3, 0.4) is 0 Å². The Labute approximate surface area is 163 Å². The third kappa shape index (κ3) is 5.22. The van der Waals surface area contributed by atoms with Gasteiger partial charge in [0.25, 0.3) is 0 Å². The van der Waals surface area contributed by atoms with Crippen LogP contribution in [0.5, 0.6) is 5.75 Å². The summed E-state index contributed by atoms with van der Waals surface area (Å²) >= 11 is 3.47. The van der Waals surface area contributed by atoms with E-state index >= 15 is 0 Å². The molecule has 140 valence electrons. The van der Waals surface area contributed by atoms with Crippen molar-refractivity contribution >= 4 is 27.6 Å². The molecule has 0 bridgehead atoms. The Balaban J connectivity index is 2.06. The highest BCUT2D eigenvalue weighted by Crippen LogP contribution is 2.25. The molecule has 0 spiro atoms. The second-order valence-electron chi connectivity index (χ2n) is 6.51. The van der Waals surface area contributed by atoms with Crippen molar-refractivity contribution in [3.8, 4) is 5.75 Å². The fourth-order valence-corrected chi connectivity index (χ4v) is 3.59. The highest BCUT2D eigenvalue weighted by atomic mass is 79.9. The zero-order valence-corrected chi connectivity index (χ0v) is 17.5. The largest absolute Gasteiger partial charge is 0.497 e. The van der Waals surface area contributed by atoms with Gasteiger partial charge in [0.1, 0.15) is 5.75 Å². The zero-order valence-electron chi connectivity index (χ0n) is 15.9. The molecule has 0 aliphatic heterocycles. The molecule has 2 aromatic carbocycles. The van der Waals surface area contributed by atoms with E-state index in [9.17, 15) is 4.79 Å². The van der Waals surface area contributed by atoms with Gasteiger partial charge in [-0.1, -0.05) is 28.1 Å². The predicted octanol–water partition coefficient (Wildman–Crippen LogP) is 4.50. The molecule has 0 saturated carbocycles. The topological polar surface area (TPSA) is 53.6 Å². The number of hydrogen-bond acceptors (Lipinski definition) is 3. The van der Waals surface area contributed by atoms with Crippen LogP contribution in [0.1, 0.15) is 22.7 Å². The zero-order chi connectivity index (χ0) is 19.3. The Kier molecular flexibility index (Phi) is 7.06. The van der Waals surface area contributed by atoms with Crippen LogP contribution in [0.2, 0.25) is 0 Å². The lowest BCUT2D eigenvalue weighted by atomic mass is 10.1. The van der Waals surface area contributed by atoms with Gasteiger partial charge < -0.3 is 20.3 Å². The number of benzene rings is 2. The van der Waals surface area contributed by atoms with Crippen molar-refractivity contribution in [3.05, 3.63) is 57.6 Å². The summed E-state index contributed by atoms with van der Waals surface area (Å²) in [5.41, 5.74) is 3.96. The average molecular weight is 420 g/mol. The van der Waals surface area contributed by atoms with E-state index in [1.165, 1.54) is 0 Å². The number of likely N-dealkylation sites (N-methyl/N-ethyl adjacent to an activating group) is 1. The summed E-state index contributed by atoms with van der Waals surface area (Å²) in [7, 11) is 5.64. The normalized spacial score (nSPS) is 12.0. The van der Waals surface area contributed by atoms with E-state index in [2.05, 4.69) is 31.5 Å². The number of carbonyl (C=O) groups excluding carboxylic acids is 1. The Morgan fingerprint density at radius 3 is 2.42 bits per heavy atom. The lowest BCUT2D eigenvalue weighted by molar-refractivity contribution is 0.243. The molecule has 1 atom stereocenters. The predicted molar refractivity (Wildman–Crippen MR) is 110 cm³/mol. The molecule has 2 aromatic rings. The molecule has 2 amide bonds. The molecule has 0 aliphatic rings. The minimum absolute atomic E-state index is 0.0444. The van der Waals surface area contributed by atoms with Gasteiger partial charge in [-0.25, -0.2) is 4.79 Å². The maximum atomic E-state index is 12.4. The van der Waals surface area contributed by atoms with Crippen LogP contribution >= 0.6 is 15.9 Å². The van der Waals surface area contributed by atoms with Crippen molar-refractivity contribution in [1.82, 2.24) is 10.2 Å². The van der Waals surface area contributed by atoms with Crippen molar-refractivity contribution in [1.29, 1.82) is 0 Å². The number of carbonyl (C=O) groups is 1. The molecule has 0 heterocycles. The molecule has 6 heteroatoms. The number of halogens is 1. The van der Waals surface area contributed by atoms with E-state index in [1.54, 1.807) is 7.11 Å². The molecular formula is C20H26BrN3O2. The first-order valence-electron chi connectivity index (χ1n) is 8.43. The summed E-state index contributed by atoms with van der Waals surface area (Å²) in [6, 6.07) is 11.7.